The van der Waals surface area contributed by atoms with Gasteiger partial charge < -0.3 is 19.9 Å². The van der Waals surface area contributed by atoms with Gasteiger partial charge in [0.05, 0.1) is 29.0 Å². The molecule has 8 heteroatoms. The molecule has 40 heavy (non-hydrogen) atoms. The van der Waals surface area contributed by atoms with Crippen molar-refractivity contribution < 1.29 is 19.4 Å². The Bertz CT molecular complexity index is 1540. The fourth-order valence-corrected chi connectivity index (χ4v) is 6.73. The number of carbonyl (C=O) groups is 1. The van der Waals surface area contributed by atoms with Crippen LogP contribution >= 0.6 is 23.1 Å². The average Bonchev–Trinajstić information content (AvgIpc) is 3.44. The molecule has 1 amide bonds. The lowest BCUT2D eigenvalue weighted by atomic mass is 10.0. The van der Waals surface area contributed by atoms with Gasteiger partial charge in [-0.1, -0.05) is 78.5 Å². The Morgan fingerprint density at radius 2 is 1.62 bits per heavy atom. The number of rotatable bonds is 8. The highest BCUT2D eigenvalue weighted by molar-refractivity contribution is 8.01. The number of aliphatic hydroxyl groups excluding tert-OH is 1. The average molecular weight is 569 g/mol. The normalized spacial score (nSPS) is 19.0. The Morgan fingerprint density at radius 3 is 2.38 bits per heavy atom. The molecule has 1 aliphatic heterocycles. The largest absolute Gasteiger partial charge is 0.392 e. The van der Waals surface area contributed by atoms with Crippen LogP contribution in [0.25, 0.3) is 10.2 Å². The smallest absolute Gasteiger partial charge is 0.255 e. The third-order valence-corrected chi connectivity index (χ3v) is 9.07. The van der Waals surface area contributed by atoms with Crippen molar-refractivity contribution in [2.75, 3.05) is 11.1 Å². The van der Waals surface area contributed by atoms with E-state index in [0.717, 1.165) is 32.3 Å². The summed E-state index contributed by atoms with van der Waals surface area (Å²) in [6.45, 7) is 0.00608. The van der Waals surface area contributed by atoms with Gasteiger partial charge in [0, 0.05) is 29.0 Å². The van der Waals surface area contributed by atoms with Crippen molar-refractivity contribution in [1.29, 1.82) is 0 Å². The van der Waals surface area contributed by atoms with Gasteiger partial charge in [0.1, 0.15) is 0 Å². The lowest BCUT2D eigenvalue weighted by Gasteiger charge is -2.36. The number of nitrogens with zero attached hydrogens (tertiary/aromatic N) is 1. The third kappa shape index (κ3) is 6.27. The van der Waals surface area contributed by atoms with E-state index in [1.54, 1.807) is 35.2 Å². The molecule has 0 aliphatic carbocycles. The zero-order valence-electron chi connectivity index (χ0n) is 21.6. The molecule has 3 atom stereocenters. The van der Waals surface area contributed by atoms with E-state index in [1.807, 2.05) is 84.9 Å². The number of hydrogen-bond acceptors (Lipinski definition) is 7. The molecule has 6 nitrogen and oxygen atoms in total. The van der Waals surface area contributed by atoms with Crippen molar-refractivity contribution in [1.82, 2.24) is 4.98 Å². The van der Waals surface area contributed by atoms with E-state index in [9.17, 15) is 9.90 Å². The van der Waals surface area contributed by atoms with Crippen molar-refractivity contribution in [3.05, 3.63) is 125 Å². The summed E-state index contributed by atoms with van der Waals surface area (Å²) in [5.74, 6) is 0.590. The van der Waals surface area contributed by atoms with Crippen molar-refractivity contribution in [2.45, 2.75) is 35.9 Å². The quantitative estimate of drug-likeness (QED) is 0.190. The van der Waals surface area contributed by atoms with Crippen LogP contribution in [0.1, 0.15) is 45.9 Å². The summed E-state index contributed by atoms with van der Waals surface area (Å²) in [5, 5.41) is 12.4. The van der Waals surface area contributed by atoms with Crippen LogP contribution in [0.5, 0.6) is 0 Å². The van der Waals surface area contributed by atoms with Crippen molar-refractivity contribution in [3.63, 3.8) is 0 Å². The summed E-state index contributed by atoms with van der Waals surface area (Å²) in [4.78, 5) is 17.3. The monoisotopic (exact) mass is 568 g/mol. The lowest BCUT2D eigenvalue weighted by molar-refractivity contribution is -0.245. The third-order valence-electron chi connectivity index (χ3n) is 6.76. The number of aliphatic hydroxyl groups is 1. The van der Waals surface area contributed by atoms with E-state index in [2.05, 4.69) is 11.4 Å². The number of thioether (sulfide) groups is 1. The number of benzene rings is 4. The molecule has 2 N–H and O–H groups in total. The molecule has 0 unspecified atom stereocenters. The molecule has 4 aromatic carbocycles. The maximum atomic E-state index is 12.6. The van der Waals surface area contributed by atoms with Gasteiger partial charge in [0.15, 0.2) is 10.6 Å². The maximum absolute atomic E-state index is 12.6. The molecule has 0 saturated carbocycles. The van der Waals surface area contributed by atoms with E-state index in [1.165, 1.54) is 4.70 Å². The van der Waals surface area contributed by atoms with Crippen LogP contribution in [-0.4, -0.2) is 27.9 Å². The van der Waals surface area contributed by atoms with Crippen molar-refractivity contribution in [3.8, 4) is 0 Å². The molecular weight excluding hydrogens is 540 g/mol. The van der Waals surface area contributed by atoms with Gasteiger partial charge in [0.2, 0.25) is 0 Å². The van der Waals surface area contributed by atoms with Gasteiger partial charge in [0.25, 0.3) is 5.91 Å². The summed E-state index contributed by atoms with van der Waals surface area (Å²) < 4.78 is 15.1. The first-order valence-electron chi connectivity index (χ1n) is 13.1. The maximum Gasteiger partial charge on any atom is 0.255 e. The standard InChI is InChI=1S/C32H28N2O4S2/c35-19-21-10-12-22(13-11-21)28-18-26(20-39-32-34-27-8-4-5-9-29(27)40-32)37-31(38-28)24-14-16-25(17-15-24)33-30(36)23-6-2-1-3-7-23/h1-17,26,28,31,35H,18-20H2,(H,33,36)/t26-,28+,31+/m1/s1. The summed E-state index contributed by atoms with van der Waals surface area (Å²) in [7, 11) is 0. The Labute approximate surface area is 241 Å². The second-order valence-electron chi connectivity index (χ2n) is 9.55. The number of anilines is 1. The summed E-state index contributed by atoms with van der Waals surface area (Å²) >= 11 is 3.40. The molecule has 202 valence electrons. The summed E-state index contributed by atoms with van der Waals surface area (Å²) in [6.07, 6.45) is -0.0743. The SMILES string of the molecule is O=C(Nc1ccc([C@H]2O[C@@H](CSc3nc4ccccc4s3)C[C@@H](c3ccc(CO)cc3)O2)cc1)c1ccccc1. The number of amides is 1. The number of ether oxygens (including phenoxy) is 2. The molecule has 5 aromatic rings. The Hall–Kier alpha value is -3.53. The zero-order chi connectivity index (χ0) is 27.3. The first-order chi connectivity index (χ1) is 19.6. The van der Waals surface area contributed by atoms with Gasteiger partial charge in [-0.2, -0.15) is 0 Å². The number of aromatic nitrogens is 1. The molecule has 1 fully saturated rings. The first kappa shape index (κ1) is 26.7. The van der Waals surface area contributed by atoms with Crippen LogP contribution in [0.15, 0.2) is 107 Å². The summed E-state index contributed by atoms with van der Waals surface area (Å²) in [6, 6.07) is 32.8. The van der Waals surface area contributed by atoms with Gasteiger partial charge in [-0.25, -0.2) is 4.98 Å². The van der Waals surface area contributed by atoms with Crippen LogP contribution in [0.2, 0.25) is 0 Å². The molecule has 1 aliphatic rings. The minimum atomic E-state index is -0.559. The molecule has 6 rings (SSSR count). The number of nitrogens with one attached hydrogen (secondary N) is 1. The van der Waals surface area contributed by atoms with Crippen molar-refractivity contribution >= 4 is 44.9 Å². The highest BCUT2D eigenvalue weighted by atomic mass is 32.2. The van der Waals surface area contributed by atoms with Gasteiger partial charge >= 0.3 is 0 Å². The van der Waals surface area contributed by atoms with E-state index in [0.29, 0.717) is 17.7 Å². The minimum absolute atomic E-state index is 0.00608. The number of para-hydroxylation sites is 1. The lowest BCUT2D eigenvalue weighted by Crippen LogP contribution is -2.31. The number of hydrogen-bond donors (Lipinski definition) is 2. The molecule has 2 heterocycles. The van der Waals surface area contributed by atoms with Crippen molar-refractivity contribution in [2.24, 2.45) is 0 Å². The van der Waals surface area contributed by atoms with Gasteiger partial charge in [-0.05, 0) is 47.5 Å². The van der Waals surface area contributed by atoms with E-state index < -0.39 is 6.29 Å². The fourth-order valence-electron chi connectivity index (χ4n) is 4.62. The van der Waals surface area contributed by atoms with Crippen LogP contribution in [-0.2, 0) is 16.1 Å². The summed E-state index contributed by atoms with van der Waals surface area (Å²) in [5.41, 5.74) is 5.11. The van der Waals surface area contributed by atoms with Crippen LogP contribution in [0, 0.1) is 0 Å². The van der Waals surface area contributed by atoms with Crippen LogP contribution in [0.4, 0.5) is 5.69 Å². The molecular formula is C32H28N2O4S2. The Kier molecular flexibility index (Phi) is 8.22. The molecule has 0 radical (unpaired) electrons. The highest BCUT2D eigenvalue weighted by Crippen LogP contribution is 2.40. The minimum Gasteiger partial charge on any atom is -0.392 e. The number of thiazole rings is 1. The molecule has 1 aromatic heterocycles. The topological polar surface area (TPSA) is 80.7 Å². The predicted molar refractivity (Wildman–Crippen MR) is 160 cm³/mol. The second kappa shape index (κ2) is 12.3. The zero-order valence-corrected chi connectivity index (χ0v) is 23.2. The Balaban J connectivity index is 1.18. The van der Waals surface area contributed by atoms with Crippen LogP contribution in [0.3, 0.4) is 0 Å². The fraction of sp³-hybridized carbons (Fsp3) is 0.188. The highest BCUT2D eigenvalue weighted by Gasteiger charge is 2.32. The number of fused-ring (bicyclic) bond motifs is 1. The number of carbonyl (C=O) groups excluding carboxylic acids is 1. The Morgan fingerprint density at radius 1 is 0.900 bits per heavy atom. The van der Waals surface area contributed by atoms with E-state index in [4.69, 9.17) is 14.5 Å². The van der Waals surface area contributed by atoms with E-state index >= 15 is 0 Å². The molecule has 1 saturated heterocycles. The van der Waals surface area contributed by atoms with Gasteiger partial charge in [-0.15, -0.1) is 11.3 Å². The first-order valence-corrected chi connectivity index (χ1v) is 14.9. The molecule has 0 spiro atoms. The van der Waals surface area contributed by atoms with Gasteiger partial charge in [-0.3, -0.25) is 4.79 Å². The second-order valence-corrected chi connectivity index (χ2v) is 11.8. The molecule has 0 bridgehead atoms. The van der Waals surface area contributed by atoms with Crippen LogP contribution < -0.4 is 5.32 Å². The van der Waals surface area contributed by atoms with E-state index in [-0.39, 0.29) is 24.7 Å². The predicted octanol–water partition coefficient (Wildman–Crippen LogP) is 7.38.